The van der Waals surface area contributed by atoms with E-state index in [1.165, 1.54) is 14.2 Å². The SMILES string of the molecule is COc1c2cc(c(O[C@H]3O[C@H](CO[C@H]4O[C@H](CO)[C@@H](O)[C@H](O)[C@H]4O)[C@@H](O)[C@H](O)[C@H]3O)c1OC)CCCC[C@H](O)CCc1ccc(O)c-2c1. The summed E-state index contributed by atoms with van der Waals surface area (Å²) in [5, 5.41) is 93.9. The predicted octanol–water partition coefficient (Wildman–Crippen LogP) is -0.901. The number of benzene rings is 2. The molecule has 2 saturated heterocycles. The molecule has 2 aromatic rings. The second-order valence-electron chi connectivity index (χ2n) is 12.4. The van der Waals surface area contributed by atoms with Crippen LogP contribution in [0.3, 0.4) is 0 Å². The monoisotopic (exact) mass is 682 g/mol. The van der Waals surface area contributed by atoms with Gasteiger partial charge in [0.05, 0.1) is 33.5 Å². The fraction of sp³-hybridized carbons (Fsp3) is 0.636. The number of fused-ring (bicyclic) bond motifs is 5. The van der Waals surface area contributed by atoms with Crippen molar-refractivity contribution in [2.24, 2.45) is 0 Å². The Bertz CT molecular complexity index is 1370. The van der Waals surface area contributed by atoms with Crippen LogP contribution in [-0.4, -0.2) is 141 Å². The van der Waals surface area contributed by atoms with Crippen molar-refractivity contribution in [2.75, 3.05) is 27.4 Å². The van der Waals surface area contributed by atoms with Crippen molar-refractivity contribution >= 4 is 0 Å². The van der Waals surface area contributed by atoms with E-state index in [1.54, 1.807) is 18.2 Å². The summed E-state index contributed by atoms with van der Waals surface area (Å²) < 4.78 is 34.5. The summed E-state index contributed by atoms with van der Waals surface area (Å²) in [5.74, 6) is 0.451. The molecule has 0 amide bonds. The Labute approximate surface area is 277 Å². The van der Waals surface area contributed by atoms with Gasteiger partial charge in [0.1, 0.15) is 54.6 Å². The molecule has 9 N–H and O–H groups in total. The van der Waals surface area contributed by atoms with E-state index < -0.39 is 80.7 Å². The van der Waals surface area contributed by atoms with E-state index in [2.05, 4.69) is 0 Å². The summed E-state index contributed by atoms with van der Waals surface area (Å²) in [6, 6.07) is 6.99. The quantitative estimate of drug-likeness (QED) is 0.164. The molecule has 4 bridgehead atoms. The van der Waals surface area contributed by atoms with Crippen molar-refractivity contribution in [1.29, 1.82) is 0 Å². The molecule has 48 heavy (non-hydrogen) atoms. The molecule has 2 aromatic carbocycles. The Balaban J connectivity index is 1.46. The maximum atomic E-state index is 11.0. The van der Waals surface area contributed by atoms with Crippen molar-refractivity contribution in [3.8, 4) is 34.1 Å². The molecule has 5 rings (SSSR count). The summed E-state index contributed by atoms with van der Waals surface area (Å²) in [4.78, 5) is 0. The summed E-state index contributed by atoms with van der Waals surface area (Å²) in [5.41, 5.74) is 2.49. The van der Waals surface area contributed by atoms with Gasteiger partial charge in [-0.2, -0.15) is 0 Å². The van der Waals surface area contributed by atoms with Gasteiger partial charge < -0.3 is 74.4 Å². The van der Waals surface area contributed by atoms with Crippen LogP contribution >= 0.6 is 0 Å². The lowest BCUT2D eigenvalue weighted by Gasteiger charge is -2.42. The average Bonchev–Trinajstić information content (AvgIpc) is 3.09. The minimum absolute atomic E-state index is 0.000434. The van der Waals surface area contributed by atoms with Gasteiger partial charge in [-0.05, 0) is 61.4 Å². The molecule has 2 aliphatic heterocycles. The molecule has 1 aliphatic carbocycles. The summed E-state index contributed by atoms with van der Waals surface area (Å²) in [7, 11) is 2.82. The summed E-state index contributed by atoms with van der Waals surface area (Å²) in [6.07, 6.45) is -12.9. The molecule has 15 heteroatoms. The number of phenols is 1. The van der Waals surface area contributed by atoms with Gasteiger partial charge >= 0.3 is 0 Å². The van der Waals surface area contributed by atoms with E-state index in [4.69, 9.17) is 28.4 Å². The van der Waals surface area contributed by atoms with Gasteiger partial charge in [0.15, 0.2) is 17.8 Å². The molecule has 15 nitrogen and oxygen atoms in total. The van der Waals surface area contributed by atoms with Crippen molar-refractivity contribution in [2.45, 2.75) is 106 Å². The fourth-order valence-corrected chi connectivity index (χ4v) is 6.37. The number of aryl methyl sites for hydroxylation is 2. The highest BCUT2D eigenvalue weighted by atomic mass is 16.7. The second kappa shape index (κ2) is 15.8. The maximum absolute atomic E-state index is 11.0. The highest BCUT2D eigenvalue weighted by Crippen LogP contribution is 2.50. The van der Waals surface area contributed by atoms with E-state index in [0.29, 0.717) is 55.2 Å². The van der Waals surface area contributed by atoms with Crippen LogP contribution in [0.4, 0.5) is 0 Å². The average molecular weight is 683 g/mol. The number of hydrogen-bond donors (Lipinski definition) is 9. The maximum Gasteiger partial charge on any atom is 0.229 e. The Morgan fingerprint density at radius 1 is 0.688 bits per heavy atom. The van der Waals surface area contributed by atoms with Crippen LogP contribution in [0.25, 0.3) is 11.1 Å². The smallest absolute Gasteiger partial charge is 0.229 e. The third-order valence-electron chi connectivity index (χ3n) is 9.20. The van der Waals surface area contributed by atoms with Gasteiger partial charge in [0, 0.05) is 11.1 Å². The van der Waals surface area contributed by atoms with Crippen molar-refractivity contribution in [1.82, 2.24) is 0 Å². The van der Waals surface area contributed by atoms with Crippen molar-refractivity contribution < 1.29 is 74.4 Å². The van der Waals surface area contributed by atoms with E-state index in [1.807, 2.05) is 6.07 Å². The van der Waals surface area contributed by atoms with Gasteiger partial charge in [0.25, 0.3) is 0 Å². The Kier molecular flexibility index (Phi) is 12.0. The van der Waals surface area contributed by atoms with Gasteiger partial charge in [-0.25, -0.2) is 0 Å². The van der Waals surface area contributed by atoms with Crippen molar-refractivity contribution in [3.05, 3.63) is 35.4 Å². The number of aliphatic hydroxyl groups is 8. The summed E-state index contributed by atoms with van der Waals surface area (Å²) >= 11 is 0. The van der Waals surface area contributed by atoms with Crippen LogP contribution < -0.4 is 14.2 Å². The largest absolute Gasteiger partial charge is 0.507 e. The van der Waals surface area contributed by atoms with E-state index in [0.717, 1.165) is 5.56 Å². The van der Waals surface area contributed by atoms with E-state index >= 15 is 0 Å². The van der Waals surface area contributed by atoms with E-state index in [9.17, 15) is 46.0 Å². The third kappa shape index (κ3) is 7.51. The highest BCUT2D eigenvalue weighted by Gasteiger charge is 2.48. The lowest BCUT2D eigenvalue weighted by molar-refractivity contribution is -0.323. The molecule has 0 spiro atoms. The minimum Gasteiger partial charge on any atom is -0.507 e. The molecule has 2 fully saturated rings. The number of hydrogen-bond acceptors (Lipinski definition) is 15. The summed E-state index contributed by atoms with van der Waals surface area (Å²) in [6.45, 7) is -1.20. The molecule has 0 aromatic heterocycles. The molecule has 2 heterocycles. The lowest BCUT2D eigenvalue weighted by Crippen LogP contribution is -2.62. The predicted molar refractivity (Wildman–Crippen MR) is 166 cm³/mol. The first-order valence-corrected chi connectivity index (χ1v) is 16.1. The molecular weight excluding hydrogens is 636 g/mol. The molecule has 11 atom stereocenters. The molecule has 0 radical (unpaired) electrons. The molecule has 0 saturated carbocycles. The van der Waals surface area contributed by atoms with Gasteiger partial charge in [-0.1, -0.05) is 12.5 Å². The van der Waals surface area contributed by atoms with Gasteiger partial charge in [0.2, 0.25) is 12.0 Å². The van der Waals surface area contributed by atoms with Crippen LogP contribution in [0, 0.1) is 0 Å². The Morgan fingerprint density at radius 3 is 2.04 bits per heavy atom. The first kappa shape index (κ1) is 36.5. The first-order chi connectivity index (χ1) is 23.0. The number of phenolic OH excluding ortho intramolecular Hbond substituents is 1. The molecule has 0 unspecified atom stereocenters. The van der Waals surface area contributed by atoms with Gasteiger partial charge in [-0.3, -0.25) is 0 Å². The Hall–Kier alpha value is -2.80. The normalized spacial score (nSPS) is 34.3. The highest BCUT2D eigenvalue weighted by molar-refractivity contribution is 5.81. The van der Waals surface area contributed by atoms with Crippen molar-refractivity contribution in [3.63, 3.8) is 0 Å². The third-order valence-corrected chi connectivity index (χ3v) is 9.20. The number of ether oxygens (including phenoxy) is 6. The lowest BCUT2D eigenvalue weighted by atomic mass is 9.95. The van der Waals surface area contributed by atoms with Crippen LogP contribution in [0.2, 0.25) is 0 Å². The number of aromatic hydroxyl groups is 1. The van der Waals surface area contributed by atoms with Gasteiger partial charge in [-0.15, -0.1) is 0 Å². The van der Waals surface area contributed by atoms with E-state index in [-0.39, 0.29) is 23.0 Å². The Morgan fingerprint density at radius 2 is 1.35 bits per heavy atom. The number of methoxy groups -OCH3 is 2. The molecule has 3 aliphatic rings. The second-order valence-corrected chi connectivity index (χ2v) is 12.4. The minimum atomic E-state index is -1.77. The zero-order valence-electron chi connectivity index (χ0n) is 26.8. The fourth-order valence-electron chi connectivity index (χ4n) is 6.37. The van der Waals surface area contributed by atoms with Crippen LogP contribution in [0.1, 0.15) is 36.8 Å². The molecular formula is C33H46O15. The zero-order chi connectivity index (χ0) is 34.7. The number of aliphatic hydroxyl groups excluding tert-OH is 8. The van der Waals surface area contributed by atoms with Crippen LogP contribution in [0.5, 0.6) is 23.0 Å². The number of rotatable bonds is 8. The standard InChI is InChI=1S/C33H46O15/c1-43-30-19-12-16(5-3-4-6-17(35)9-7-15-8-10-20(36)18(19)11-15)29(31(30)44-2)48-33-28(42)26(40)24(38)22(47-33)14-45-32-27(41)25(39)23(37)21(13-34)46-32/h8,10-12,17,21-28,32-42H,3-7,9,13-14H2,1-2H3/t17-,21+,22+,23+,24+,25-,26-,27+,28+,32-,33+/m0/s1. The zero-order valence-corrected chi connectivity index (χ0v) is 26.8. The van der Waals surface area contributed by atoms with Crippen LogP contribution in [-0.2, 0) is 27.1 Å². The topological polar surface area (TPSA) is 237 Å². The molecule has 268 valence electrons. The first-order valence-electron chi connectivity index (χ1n) is 16.1. The van der Waals surface area contributed by atoms with Crippen LogP contribution in [0.15, 0.2) is 24.3 Å².